The highest BCUT2D eigenvalue weighted by molar-refractivity contribution is 6.03. The molecule has 1 saturated carbocycles. The maximum absolute atomic E-state index is 12.6. The van der Waals surface area contributed by atoms with Gasteiger partial charge in [-0.3, -0.25) is 0 Å². The van der Waals surface area contributed by atoms with Crippen molar-refractivity contribution in [3.8, 4) is 11.3 Å². The molecule has 0 atom stereocenters. The lowest BCUT2D eigenvalue weighted by Gasteiger charge is -2.08. The molecule has 2 aromatic heterocycles. The average Bonchev–Trinajstić information content (AvgIpc) is 3.37. The van der Waals surface area contributed by atoms with E-state index in [0.717, 1.165) is 35.1 Å². The molecule has 0 saturated heterocycles. The van der Waals surface area contributed by atoms with Crippen LogP contribution in [-0.4, -0.2) is 27.3 Å². The quantitative estimate of drug-likeness (QED) is 0.673. The van der Waals surface area contributed by atoms with E-state index in [4.69, 9.17) is 9.72 Å². The molecule has 3 aromatic rings. The summed E-state index contributed by atoms with van der Waals surface area (Å²) in [5.74, 6) is 0.250. The third-order valence-electron chi connectivity index (χ3n) is 4.35. The molecule has 0 spiro atoms. The lowest BCUT2D eigenvalue weighted by atomic mass is 10.1. The zero-order valence-electron chi connectivity index (χ0n) is 13.6. The highest BCUT2D eigenvalue weighted by atomic mass is 16.5. The SMILES string of the molecule is CCn1ncc2c(C(=O)OCC3CC3)cc(-c3ccccc3)nc21. The zero-order chi connectivity index (χ0) is 16.5. The smallest absolute Gasteiger partial charge is 0.339 e. The molecule has 122 valence electrons. The molecule has 1 fully saturated rings. The van der Waals surface area contributed by atoms with E-state index in [0.29, 0.717) is 24.6 Å². The van der Waals surface area contributed by atoms with Gasteiger partial charge in [-0.25, -0.2) is 14.5 Å². The molecule has 1 aliphatic carbocycles. The van der Waals surface area contributed by atoms with E-state index in [-0.39, 0.29) is 5.97 Å². The van der Waals surface area contributed by atoms with Crippen LogP contribution in [-0.2, 0) is 11.3 Å². The van der Waals surface area contributed by atoms with Crippen LogP contribution < -0.4 is 0 Å². The van der Waals surface area contributed by atoms with Gasteiger partial charge >= 0.3 is 5.97 Å². The highest BCUT2D eigenvalue weighted by Crippen LogP contribution is 2.30. The van der Waals surface area contributed by atoms with Gasteiger partial charge in [-0.2, -0.15) is 5.10 Å². The molecule has 0 bridgehead atoms. The summed E-state index contributed by atoms with van der Waals surface area (Å²) in [5.41, 5.74) is 2.99. The lowest BCUT2D eigenvalue weighted by molar-refractivity contribution is 0.0488. The van der Waals surface area contributed by atoms with Gasteiger partial charge in [-0.05, 0) is 31.7 Å². The Balaban J connectivity index is 1.80. The van der Waals surface area contributed by atoms with Gasteiger partial charge < -0.3 is 4.74 Å². The molecule has 4 rings (SSSR count). The second-order valence-electron chi connectivity index (χ2n) is 6.16. The van der Waals surface area contributed by atoms with E-state index in [1.807, 2.05) is 43.3 Å². The van der Waals surface area contributed by atoms with Gasteiger partial charge in [-0.1, -0.05) is 30.3 Å². The zero-order valence-corrected chi connectivity index (χ0v) is 13.6. The number of benzene rings is 1. The molecule has 0 amide bonds. The normalized spacial score (nSPS) is 14.0. The van der Waals surface area contributed by atoms with Crippen molar-refractivity contribution < 1.29 is 9.53 Å². The van der Waals surface area contributed by atoms with Crippen LogP contribution in [0.3, 0.4) is 0 Å². The standard InChI is InChI=1S/C19H19N3O2/c1-2-22-18-16(11-20-22)15(19(23)24-12-13-8-9-13)10-17(21-18)14-6-4-3-5-7-14/h3-7,10-11,13H,2,8-9,12H2,1H3. The molecule has 0 aliphatic heterocycles. The van der Waals surface area contributed by atoms with E-state index in [1.54, 1.807) is 10.9 Å². The fraction of sp³-hybridized carbons (Fsp3) is 0.316. The molecule has 2 heterocycles. The largest absolute Gasteiger partial charge is 0.462 e. The predicted molar refractivity (Wildman–Crippen MR) is 91.6 cm³/mol. The summed E-state index contributed by atoms with van der Waals surface area (Å²) in [6.07, 6.45) is 4.01. The Labute approximate surface area is 140 Å². The number of hydrogen-bond donors (Lipinski definition) is 0. The maximum Gasteiger partial charge on any atom is 0.339 e. The Morgan fingerprint density at radius 3 is 2.79 bits per heavy atom. The summed E-state index contributed by atoms with van der Waals surface area (Å²) in [6.45, 7) is 3.21. The Hall–Kier alpha value is -2.69. The number of carbonyl (C=O) groups excluding carboxylic acids is 1. The van der Waals surface area contributed by atoms with Gasteiger partial charge in [0, 0.05) is 12.1 Å². The summed E-state index contributed by atoms with van der Waals surface area (Å²) >= 11 is 0. The first kappa shape index (κ1) is 14.9. The minimum absolute atomic E-state index is 0.290. The van der Waals surface area contributed by atoms with Crippen LogP contribution >= 0.6 is 0 Å². The van der Waals surface area contributed by atoms with Crippen molar-refractivity contribution in [2.24, 2.45) is 5.92 Å². The molecular formula is C19H19N3O2. The summed E-state index contributed by atoms with van der Waals surface area (Å²) < 4.78 is 7.30. The van der Waals surface area contributed by atoms with Crippen LogP contribution in [0.2, 0.25) is 0 Å². The van der Waals surface area contributed by atoms with Crippen molar-refractivity contribution in [2.75, 3.05) is 6.61 Å². The summed E-state index contributed by atoms with van der Waals surface area (Å²) in [7, 11) is 0. The maximum atomic E-state index is 12.6. The number of esters is 1. The van der Waals surface area contributed by atoms with E-state index in [9.17, 15) is 4.79 Å². The molecule has 0 N–H and O–H groups in total. The van der Waals surface area contributed by atoms with E-state index in [2.05, 4.69) is 5.10 Å². The molecular weight excluding hydrogens is 302 g/mol. The van der Waals surface area contributed by atoms with E-state index in [1.165, 1.54) is 0 Å². The molecule has 1 aliphatic rings. The summed E-state index contributed by atoms with van der Waals surface area (Å²) in [6, 6.07) is 11.7. The van der Waals surface area contributed by atoms with Gasteiger partial charge in [0.05, 0.1) is 29.4 Å². The Kier molecular flexibility index (Phi) is 3.76. The number of ether oxygens (including phenoxy) is 1. The van der Waals surface area contributed by atoms with Crippen LogP contribution in [0.5, 0.6) is 0 Å². The van der Waals surface area contributed by atoms with Gasteiger partial charge in [0.2, 0.25) is 0 Å². The van der Waals surface area contributed by atoms with Crippen LogP contribution in [0.4, 0.5) is 0 Å². The topological polar surface area (TPSA) is 57.0 Å². The fourth-order valence-electron chi connectivity index (χ4n) is 2.76. The van der Waals surface area contributed by atoms with Gasteiger partial charge in [-0.15, -0.1) is 0 Å². The van der Waals surface area contributed by atoms with Crippen molar-refractivity contribution in [3.63, 3.8) is 0 Å². The fourth-order valence-corrected chi connectivity index (χ4v) is 2.76. The molecule has 5 nitrogen and oxygen atoms in total. The molecule has 5 heteroatoms. The molecule has 0 unspecified atom stereocenters. The number of pyridine rings is 1. The number of nitrogens with zero attached hydrogens (tertiary/aromatic N) is 3. The second-order valence-corrected chi connectivity index (χ2v) is 6.16. The number of carbonyl (C=O) groups is 1. The molecule has 1 aromatic carbocycles. The Morgan fingerprint density at radius 2 is 2.08 bits per heavy atom. The number of fused-ring (bicyclic) bond motifs is 1. The monoisotopic (exact) mass is 321 g/mol. The molecule has 24 heavy (non-hydrogen) atoms. The van der Waals surface area contributed by atoms with Crippen molar-refractivity contribution in [1.82, 2.24) is 14.8 Å². The third-order valence-corrected chi connectivity index (χ3v) is 4.35. The third kappa shape index (κ3) is 2.77. The Morgan fingerprint density at radius 1 is 1.29 bits per heavy atom. The minimum Gasteiger partial charge on any atom is -0.462 e. The molecule has 0 radical (unpaired) electrons. The number of aromatic nitrogens is 3. The van der Waals surface area contributed by atoms with Crippen LogP contribution in [0.25, 0.3) is 22.3 Å². The van der Waals surface area contributed by atoms with Gasteiger partial charge in [0.15, 0.2) is 5.65 Å². The van der Waals surface area contributed by atoms with E-state index >= 15 is 0 Å². The Bertz CT molecular complexity index is 882. The lowest BCUT2D eigenvalue weighted by Crippen LogP contribution is -2.09. The van der Waals surface area contributed by atoms with E-state index < -0.39 is 0 Å². The van der Waals surface area contributed by atoms with Crippen molar-refractivity contribution in [1.29, 1.82) is 0 Å². The first-order valence-corrected chi connectivity index (χ1v) is 8.35. The van der Waals surface area contributed by atoms with Gasteiger partial charge in [0.1, 0.15) is 0 Å². The average molecular weight is 321 g/mol. The van der Waals surface area contributed by atoms with Crippen molar-refractivity contribution >= 4 is 17.0 Å². The first-order valence-electron chi connectivity index (χ1n) is 8.35. The summed E-state index contributed by atoms with van der Waals surface area (Å²) in [4.78, 5) is 17.3. The number of rotatable bonds is 5. The van der Waals surface area contributed by atoms with Crippen molar-refractivity contribution in [3.05, 3.63) is 48.2 Å². The number of hydrogen-bond acceptors (Lipinski definition) is 4. The first-order chi connectivity index (χ1) is 11.8. The summed E-state index contributed by atoms with van der Waals surface area (Å²) in [5, 5.41) is 5.09. The minimum atomic E-state index is -0.290. The van der Waals surface area contributed by atoms with Crippen LogP contribution in [0, 0.1) is 5.92 Å². The highest BCUT2D eigenvalue weighted by Gasteiger charge is 2.25. The van der Waals surface area contributed by atoms with Gasteiger partial charge in [0.25, 0.3) is 0 Å². The van der Waals surface area contributed by atoms with Crippen LogP contribution in [0.15, 0.2) is 42.6 Å². The second kappa shape index (κ2) is 6.07. The van der Waals surface area contributed by atoms with Crippen LogP contribution in [0.1, 0.15) is 30.1 Å². The number of aryl methyl sites for hydroxylation is 1. The predicted octanol–water partition coefficient (Wildman–Crippen LogP) is 3.69. The van der Waals surface area contributed by atoms with Crippen molar-refractivity contribution in [2.45, 2.75) is 26.3 Å².